The number of amides is 4. The van der Waals surface area contributed by atoms with Crippen LogP contribution in [0.25, 0.3) is 11.3 Å². The Morgan fingerprint density at radius 2 is 1.70 bits per heavy atom. The monoisotopic (exact) mass is 663 g/mol. The standard InChI is InChI=1S/C25H26ClF3N8O3.C5H11N/c1-34-19(17-13-37(12-14-2-3-14)33-20(17)25(27,28)29)11-31-21(34)22(38)32-15-4-5-16(18(26)10-15)23(39)35-6-8-36(9-7-35)24(30)40;6-5-3-1-2-4-5/h4-5,10-11,13-14H,2-3,6-9,12H2,1H3,(H2,30,40)(H,32,38);5H,1-4,6H2. The number of halogens is 4. The second-order valence-corrected chi connectivity index (χ2v) is 12.3. The number of carbonyl (C=O) groups is 3. The number of hydrogen-bond donors (Lipinski definition) is 3. The molecule has 0 bridgehead atoms. The van der Waals surface area contributed by atoms with Gasteiger partial charge in [-0.05, 0) is 49.8 Å². The molecule has 12 nitrogen and oxygen atoms in total. The second kappa shape index (κ2) is 13.7. The van der Waals surface area contributed by atoms with E-state index in [0.717, 1.165) is 12.8 Å². The Labute approximate surface area is 268 Å². The Kier molecular flexibility index (Phi) is 9.91. The quantitative estimate of drug-likeness (QED) is 0.356. The van der Waals surface area contributed by atoms with E-state index in [1.54, 1.807) is 4.90 Å². The van der Waals surface area contributed by atoms with Gasteiger partial charge >= 0.3 is 12.2 Å². The molecule has 1 aromatic carbocycles. The average Bonchev–Trinajstić information content (AvgIpc) is 3.32. The van der Waals surface area contributed by atoms with Crippen LogP contribution in [0.4, 0.5) is 23.7 Å². The van der Waals surface area contributed by atoms with Crippen molar-refractivity contribution < 1.29 is 27.6 Å². The molecule has 1 saturated heterocycles. The highest BCUT2D eigenvalue weighted by Crippen LogP contribution is 2.38. The number of aromatic nitrogens is 4. The van der Waals surface area contributed by atoms with Crippen molar-refractivity contribution >= 4 is 35.1 Å². The van der Waals surface area contributed by atoms with Crippen molar-refractivity contribution in [1.82, 2.24) is 29.1 Å². The van der Waals surface area contributed by atoms with Gasteiger partial charge in [-0.25, -0.2) is 9.78 Å². The first kappa shape index (κ1) is 33.3. The van der Waals surface area contributed by atoms with Gasteiger partial charge in [0.1, 0.15) is 0 Å². The molecule has 46 heavy (non-hydrogen) atoms. The fourth-order valence-corrected chi connectivity index (χ4v) is 5.82. The summed E-state index contributed by atoms with van der Waals surface area (Å²) in [6.45, 7) is 1.62. The highest BCUT2D eigenvalue weighted by Gasteiger charge is 2.39. The lowest BCUT2D eigenvalue weighted by Gasteiger charge is -2.33. The van der Waals surface area contributed by atoms with E-state index in [1.165, 1.54) is 77.5 Å². The van der Waals surface area contributed by atoms with Crippen LogP contribution in [-0.2, 0) is 19.8 Å². The summed E-state index contributed by atoms with van der Waals surface area (Å²) in [7, 11) is 1.45. The predicted octanol–water partition coefficient (Wildman–Crippen LogP) is 4.34. The van der Waals surface area contributed by atoms with Gasteiger partial charge in [0, 0.05) is 57.7 Å². The van der Waals surface area contributed by atoms with Crippen molar-refractivity contribution in [3.05, 3.63) is 52.7 Å². The Bertz CT molecular complexity index is 1590. The van der Waals surface area contributed by atoms with Gasteiger partial charge in [-0.2, -0.15) is 18.3 Å². The molecule has 248 valence electrons. The van der Waals surface area contributed by atoms with Crippen molar-refractivity contribution in [2.75, 3.05) is 31.5 Å². The molecule has 5 N–H and O–H groups in total. The lowest BCUT2D eigenvalue weighted by atomic mass is 10.1. The number of imidazole rings is 1. The Morgan fingerprint density at radius 3 is 2.24 bits per heavy atom. The number of rotatable bonds is 6. The van der Waals surface area contributed by atoms with Gasteiger partial charge in [0.15, 0.2) is 11.5 Å². The van der Waals surface area contributed by atoms with Crippen LogP contribution < -0.4 is 16.8 Å². The SMILES string of the molecule is Cn1c(-c2cn(CC3CC3)nc2C(F)(F)F)cnc1C(=O)Nc1ccc(C(=O)N2CCN(C(N)=O)CC2)c(Cl)c1.NC1CCCC1. The number of nitrogens with two attached hydrogens (primary N) is 2. The maximum Gasteiger partial charge on any atom is 0.435 e. The molecule has 0 atom stereocenters. The molecular weight excluding hydrogens is 627 g/mol. The number of carbonyl (C=O) groups excluding carboxylic acids is 3. The van der Waals surface area contributed by atoms with E-state index >= 15 is 0 Å². The number of alkyl halides is 3. The normalized spacial score (nSPS) is 17.1. The molecule has 0 spiro atoms. The van der Waals surface area contributed by atoms with E-state index in [-0.39, 0.29) is 39.3 Å². The van der Waals surface area contributed by atoms with Crippen LogP contribution in [0.3, 0.4) is 0 Å². The molecule has 0 radical (unpaired) electrons. The first-order valence-electron chi connectivity index (χ1n) is 15.2. The van der Waals surface area contributed by atoms with Crippen LogP contribution >= 0.6 is 11.6 Å². The number of hydrogen-bond acceptors (Lipinski definition) is 6. The number of benzene rings is 1. The second-order valence-electron chi connectivity index (χ2n) is 11.9. The van der Waals surface area contributed by atoms with Gasteiger partial charge in [-0.3, -0.25) is 14.3 Å². The average molecular weight is 664 g/mol. The number of nitrogens with zero attached hydrogens (tertiary/aromatic N) is 6. The maximum atomic E-state index is 13.7. The lowest BCUT2D eigenvalue weighted by Crippen LogP contribution is -2.52. The van der Waals surface area contributed by atoms with Gasteiger partial charge in [-0.15, -0.1) is 0 Å². The number of nitrogens with one attached hydrogen (secondary N) is 1. The van der Waals surface area contributed by atoms with Gasteiger partial charge in [0.2, 0.25) is 0 Å². The largest absolute Gasteiger partial charge is 0.435 e. The maximum absolute atomic E-state index is 13.7. The van der Waals surface area contributed by atoms with E-state index < -0.39 is 23.8 Å². The number of piperazine rings is 1. The molecule has 3 aliphatic rings. The molecule has 1 aliphatic heterocycles. The zero-order chi connectivity index (χ0) is 33.2. The summed E-state index contributed by atoms with van der Waals surface area (Å²) in [5.74, 6) is -0.808. The molecule has 0 unspecified atom stereocenters. The highest BCUT2D eigenvalue weighted by molar-refractivity contribution is 6.34. The summed E-state index contributed by atoms with van der Waals surface area (Å²) in [6, 6.07) is 4.36. The minimum atomic E-state index is -4.68. The Hall–Kier alpha value is -4.11. The Morgan fingerprint density at radius 1 is 1.04 bits per heavy atom. The summed E-state index contributed by atoms with van der Waals surface area (Å²) in [5, 5.41) is 6.48. The molecule has 6 rings (SSSR count). The van der Waals surface area contributed by atoms with Gasteiger partial charge in [0.05, 0.1) is 28.0 Å². The predicted molar refractivity (Wildman–Crippen MR) is 165 cm³/mol. The molecule has 2 saturated carbocycles. The molecule has 16 heteroatoms. The molecule has 2 aromatic heterocycles. The van der Waals surface area contributed by atoms with E-state index in [0.29, 0.717) is 44.7 Å². The molecular formula is C30H37ClF3N9O3. The van der Waals surface area contributed by atoms with E-state index in [9.17, 15) is 27.6 Å². The van der Waals surface area contributed by atoms with Crippen molar-refractivity contribution in [2.45, 2.75) is 57.3 Å². The van der Waals surface area contributed by atoms with Crippen LogP contribution in [0.2, 0.25) is 5.02 Å². The lowest BCUT2D eigenvalue weighted by molar-refractivity contribution is -0.141. The van der Waals surface area contributed by atoms with Crippen LogP contribution in [-0.4, -0.2) is 79.2 Å². The minimum absolute atomic E-state index is 0.0925. The zero-order valence-electron chi connectivity index (χ0n) is 25.4. The topological polar surface area (TPSA) is 157 Å². The Balaban J connectivity index is 0.000000624. The number of primary amides is 1. The third-order valence-corrected chi connectivity index (χ3v) is 8.69. The fraction of sp³-hybridized carbons (Fsp3) is 0.500. The van der Waals surface area contributed by atoms with Crippen molar-refractivity contribution in [3.8, 4) is 11.3 Å². The van der Waals surface area contributed by atoms with Crippen LogP contribution in [0.15, 0.2) is 30.6 Å². The third kappa shape index (κ3) is 7.81. The fourth-order valence-electron chi connectivity index (χ4n) is 5.56. The first-order valence-corrected chi connectivity index (χ1v) is 15.6. The summed E-state index contributed by atoms with van der Waals surface area (Å²) in [6.07, 6.45) is 5.03. The van der Waals surface area contributed by atoms with Crippen molar-refractivity contribution in [3.63, 3.8) is 0 Å². The molecule has 3 heterocycles. The summed E-state index contributed by atoms with van der Waals surface area (Å²) < 4.78 is 43.8. The van der Waals surface area contributed by atoms with Crippen LogP contribution in [0.5, 0.6) is 0 Å². The summed E-state index contributed by atoms with van der Waals surface area (Å²) in [4.78, 5) is 44.3. The zero-order valence-corrected chi connectivity index (χ0v) is 26.2. The highest BCUT2D eigenvalue weighted by atomic mass is 35.5. The van der Waals surface area contributed by atoms with E-state index in [2.05, 4.69) is 15.4 Å². The molecule has 3 aromatic rings. The van der Waals surface area contributed by atoms with E-state index in [1.807, 2.05) is 0 Å². The smallest absolute Gasteiger partial charge is 0.351 e. The first-order chi connectivity index (χ1) is 21.8. The van der Waals surface area contributed by atoms with Gasteiger partial charge < -0.3 is 31.2 Å². The van der Waals surface area contributed by atoms with Gasteiger partial charge in [0.25, 0.3) is 11.8 Å². The third-order valence-electron chi connectivity index (χ3n) is 8.38. The molecule has 4 amide bonds. The van der Waals surface area contributed by atoms with Crippen LogP contribution in [0, 0.1) is 5.92 Å². The summed E-state index contributed by atoms with van der Waals surface area (Å²) in [5.41, 5.74) is 10.2. The van der Waals surface area contributed by atoms with Crippen molar-refractivity contribution in [2.24, 2.45) is 24.4 Å². The summed E-state index contributed by atoms with van der Waals surface area (Å²) >= 11 is 6.35. The molecule has 3 fully saturated rings. The molecule has 2 aliphatic carbocycles. The number of anilines is 1. The van der Waals surface area contributed by atoms with Crippen LogP contribution in [0.1, 0.15) is 65.2 Å². The van der Waals surface area contributed by atoms with Crippen molar-refractivity contribution in [1.29, 1.82) is 0 Å². The minimum Gasteiger partial charge on any atom is -0.351 e. The van der Waals surface area contributed by atoms with Gasteiger partial charge in [-0.1, -0.05) is 24.4 Å². The number of urea groups is 1. The van der Waals surface area contributed by atoms with E-state index in [4.69, 9.17) is 23.1 Å².